The smallest absolute Gasteiger partial charge is 0.304 e. The Kier molecular flexibility index (Phi) is 6.37. The molecular weight excluding hydrogens is 382 g/mol. The van der Waals surface area contributed by atoms with Crippen molar-refractivity contribution in [3.05, 3.63) is 52.6 Å². The van der Waals surface area contributed by atoms with Gasteiger partial charge in [-0.15, -0.1) is 0 Å². The highest BCUT2D eigenvalue weighted by molar-refractivity contribution is 7.85. The van der Waals surface area contributed by atoms with Gasteiger partial charge in [-0.05, 0) is 12.1 Å². The van der Waals surface area contributed by atoms with Crippen LogP contribution in [-0.4, -0.2) is 36.8 Å². The Balaban J connectivity index is 2.35. The van der Waals surface area contributed by atoms with Crippen molar-refractivity contribution in [3.63, 3.8) is 0 Å². The summed E-state index contributed by atoms with van der Waals surface area (Å²) in [5.41, 5.74) is 1.41. The van der Waals surface area contributed by atoms with Gasteiger partial charge in [0.05, 0.1) is 35.8 Å². The van der Waals surface area contributed by atoms with E-state index in [-0.39, 0.29) is 18.1 Å². The molecule has 138 valence electrons. The van der Waals surface area contributed by atoms with Gasteiger partial charge in [-0.3, -0.25) is 13.5 Å². The lowest BCUT2D eigenvalue weighted by molar-refractivity contribution is -0.148. The Morgan fingerprint density at radius 1 is 1.46 bits per heavy atom. The molecule has 2 aromatic rings. The Morgan fingerprint density at radius 2 is 2.19 bits per heavy atom. The maximum atomic E-state index is 11.6. The summed E-state index contributed by atoms with van der Waals surface area (Å²) in [5, 5.41) is 9.21. The molecule has 8 nitrogen and oxygen atoms in total. The van der Waals surface area contributed by atoms with Gasteiger partial charge in [0.25, 0.3) is 10.1 Å². The first kappa shape index (κ1) is 19.9. The number of carbonyl (C=O) groups excluding carboxylic acids is 1. The molecule has 0 radical (unpaired) electrons. The van der Waals surface area contributed by atoms with E-state index in [0.717, 1.165) is 6.26 Å². The monoisotopic (exact) mass is 397 g/mol. The number of halogens is 1. The van der Waals surface area contributed by atoms with Gasteiger partial charge >= 0.3 is 5.97 Å². The summed E-state index contributed by atoms with van der Waals surface area (Å²) < 4.78 is 33.9. The molecule has 26 heavy (non-hydrogen) atoms. The average Bonchev–Trinajstić information content (AvgIpc) is 2.99. The molecule has 0 aliphatic heterocycles. The zero-order valence-electron chi connectivity index (χ0n) is 14.0. The second kappa shape index (κ2) is 8.31. The highest BCUT2D eigenvalue weighted by atomic mass is 35.5. The molecule has 1 atom stereocenters. The van der Waals surface area contributed by atoms with E-state index in [1.54, 1.807) is 16.7 Å². The van der Waals surface area contributed by atoms with E-state index in [1.807, 2.05) is 6.07 Å². The molecule has 1 aromatic heterocycles. The fraction of sp³-hybridized carbons (Fsp3) is 0.312. The van der Waals surface area contributed by atoms with Gasteiger partial charge in [-0.25, -0.2) is 4.98 Å². The molecule has 10 heteroatoms. The van der Waals surface area contributed by atoms with Crippen LogP contribution in [0.2, 0.25) is 5.02 Å². The molecule has 0 saturated heterocycles. The van der Waals surface area contributed by atoms with Gasteiger partial charge in [-0.2, -0.15) is 13.7 Å². The van der Waals surface area contributed by atoms with Crippen LogP contribution in [0, 0.1) is 11.3 Å². The van der Waals surface area contributed by atoms with Crippen LogP contribution >= 0.6 is 11.6 Å². The number of carbonyl (C=O) groups is 1. The number of hydrogen-bond acceptors (Lipinski definition) is 7. The number of imidazole rings is 1. The maximum Gasteiger partial charge on any atom is 0.304 e. The Hall–Kier alpha value is -2.41. The van der Waals surface area contributed by atoms with Crippen molar-refractivity contribution in [1.82, 2.24) is 9.55 Å². The van der Waals surface area contributed by atoms with Crippen LogP contribution in [0.25, 0.3) is 0 Å². The number of ether oxygens (including phenoxy) is 1. The number of rotatable bonds is 7. The third-order valence-corrected chi connectivity index (χ3v) is 4.25. The number of benzene rings is 1. The van der Waals surface area contributed by atoms with Gasteiger partial charge in [0.2, 0.25) is 6.23 Å². The van der Waals surface area contributed by atoms with Gasteiger partial charge in [-0.1, -0.05) is 17.7 Å². The Labute approximate surface area is 156 Å². The van der Waals surface area contributed by atoms with E-state index in [9.17, 15) is 13.2 Å². The average molecular weight is 398 g/mol. The van der Waals surface area contributed by atoms with Crippen molar-refractivity contribution < 1.29 is 22.1 Å². The first-order valence-electron chi connectivity index (χ1n) is 7.43. The Morgan fingerprint density at radius 3 is 2.77 bits per heavy atom. The second-order valence-corrected chi connectivity index (χ2v) is 7.43. The highest BCUT2D eigenvalue weighted by Crippen LogP contribution is 2.29. The highest BCUT2D eigenvalue weighted by Gasteiger charge is 2.22. The summed E-state index contributed by atoms with van der Waals surface area (Å²) in [6.07, 6.45) is 3.22. The Bertz CT molecular complexity index is 949. The van der Waals surface area contributed by atoms with Crippen LogP contribution in [0.5, 0.6) is 0 Å². The van der Waals surface area contributed by atoms with Crippen LogP contribution < -0.4 is 0 Å². The molecule has 0 spiro atoms. The third kappa shape index (κ3) is 5.29. The topological polar surface area (TPSA) is 111 Å². The van der Waals surface area contributed by atoms with Crippen LogP contribution in [0.1, 0.15) is 30.0 Å². The molecule has 0 aliphatic carbocycles. The largest absolute Gasteiger partial charge is 0.437 e. The number of hydrogen-bond donors (Lipinski definition) is 0. The molecule has 0 fully saturated rings. The van der Waals surface area contributed by atoms with Crippen molar-refractivity contribution in [2.75, 3.05) is 12.9 Å². The van der Waals surface area contributed by atoms with E-state index in [1.165, 1.54) is 25.5 Å². The van der Waals surface area contributed by atoms with E-state index >= 15 is 0 Å². The predicted molar refractivity (Wildman–Crippen MR) is 92.8 cm³/mol. The first-order chi connectivity index (χ1) is 12.2. The summed E-state index contributed by atoms with van der Waals surface area (Å²) in [4.78, 5) is 15.6. The number of nitrogens with zero attached hydrogens (tertiary/aromatic N) is 3. The molecule has 1 unspecified atom stereocenters. The number of nitriles is 1. The lowest BCUT2D eigenvalue weighted by atomic mass is 10.1. The molecule has 1 aromatic carbocycles. The minimum Gasteiger partial charge on any atom is -0.437 e. The van der Waals surface area contributed by atoms with E-state index in [4.69, 9.17) is 25.8 Å². The third-order valence-electron chi connectivity index (χ3n) is 3.33. The summed E-state index contributed by atoms with van der Waals surface area (Å²) in [5.74, 6) is -0.539. The van der Waals surface area contributed by atoms with Crippen LogP contribution in [-0.2, 0) is 30.3 Å². The fourth-order valence-corrected chi connectivity index (χ4v) is 2.92. The molecule has 0 bridgehead atoms. The van der Waals surface area contributed by atoms with Crippen LogP contribution in [0.15, 0.2) is 30.7 Å². The van der Waals surface area contributed by atoms with Gasteiger partial charge < -0.3 is 4.74 Å². The molecule has 0 saturated carbocycles. The minimum absolute atomic E-state index is 0.0849. The predicted octanol–water partition coefficient (Wildman–Crippen LogP) is 2.04. The van der Waals surface area contributed by atoms with E-state index < -0.39 is 22.3 Å². The molecule has 0 aliphatic rings. The standard InChI is InChI=1S/C16H16ClN3O5S/c1-11(21)25-16(14-4-3-12(8-18)7-15(14)17)20-10-19-9-13(20)5-6-24-26(2,22)23/h3-4,7,9-10,16H,5-6H2,1-2H3. The van der Waals surface area contributed by atoms with Crippen molar-refractivity contribution in [2.45, 2.75) is 19.6 Å². The van der Waals surface area contributed by atoms with Crippen LogP contribution in [0.3, 0.4) is 0 Å². The molecule has 2 rings (SSSR count). The van der Waals surface area contributed by atoms with Crippen LogP contribution in [0.4, 0.5) is 0 Å². The summed E-state index contributed by atoms with van der Waals surface area (Å²) in [7, 11) is -3.56. The van der Waals surface area contributed by atoms with Gasteiger partial charge in [0.15, 0.2) is 0 Å². The quantitative estimate of drug-likeness (QED) is 0.519. The van der Waals surface area contributed by atoms with E-state index in [2.05, 4.69) is 4.98 Å². The maximum absolute atomic E-state index is 11.6. The van der Waals surface area contributed by atoms with Crippen molar-refractivity contribution in [1.29, 1.82) is 5.26 Å². The zero-order valence-corrected chi connectivity index (χ0v) is 15.6. The molecule has 1 heterocycles. The summed E-state index contributed by atoms with van der Waals surface area (Å²) in [6.45, 7) is 1.17. The normalized spacial score (nSPS) is 12.4. The summed E-state index contributed by atoms with van der Waals surface area (Å²) >= 11 is 6.24. The number of esters is 1. The van der Waals surface area contributed by atoms with E-state index in [0.29, 0.717) is 16.8 Å². The fourth-order valence-electron chi connectivity index (χ4n) is 2.26. The number of aromatic nitrogens is 2. The zero-order chi connectivity index (χ0) is 19.3. The second-order valence-electron chi connectivity index (χ2n) is 5.38. The van der Waals surface area contributed by atoms with Crippen molar-refractivity contribution in [3.8, 4) is 6.07 Å². The molecule has 0 amide bonds. The molecular formula is C16H16ClN3O5S. The van der Waals surface area contributed by atoms with Crippen molar-refractivity contribution >= 4 is 27.7 Å². The SMILES string of the molecule is CC(=O)OC(c1ccc(C#N)cc1Cl)n1cncc1CCOS(C)(=O)=O. The summed E-state index contributed by atoms with van der Waals surface area (Å²) in [6, 6.07) is 6.59. The first-order valence-corrected chi connectivity index (χ1v) is 9.62. The lowest BCUT2D eigenvalue weighted by Gasteiger charge is -2.22. The molecule has 0 N–H and O–H groups in total. The van der Waals surface area contributed by atoms with Crippen molar-refractivity contribution in [2.24, 2.45) is 0 Å². The van der Waals surface area contributed by atoms with Gasteiger partial charge in [0, 0.05) is 30.8 Å². The lowest BCUT2D eigenvalue weighted by Crippen LogP contribution is -2.20. The minimum atomic E-state index is -3.56. The van der Waals surface area contributed by atoms with Gasteiger partial charge in [0.1, 0.15) is 0 Å².